The van der Waals surface area contributed by atoms with E-state index >= 15 is 0 Å². The van der Waals surface area contributed by atoms with Gasteiger partial charge in [-0.2, -0.15) is 8.78 Å². The number of hydrogen-bond acceptors (Lipinski definition) is 4. The van der Waals surface area contributed by atoms with Crippen molar-refractivity contribution in [1.29, 1.82) is 0 Å². The first-order chi connectivity index (χ1) is 14.8. The topological polar surface area (TPSA) is 84.5 Å². The highest BCUT2D eigenvalue weighted by Gasteiger charge is 2.16. The van der Waals surface area contributed by atoms with Gasteiger partial charge in [0.15, 0.2) is 0 Å². The summed E-state index contributed by atoms with van der Waals surface area (Å²) in [7, 11) is -3.80. The molecule has 31 heavy (non-hydrogen) atoms. The monoisotopic (exact) mass is 446 g/mol. The highest BCUT2D eigenvalue weighted by Crippen LogP contribution is 2.16. The molecule has 0 fully saturated rings. The lowest BCUT2D eigenvalue weighted by molar-refractivity contribution is -0.0498. The van der Waals surface area contributed by atoms with Crippen LogP contribution in [0.4, 0.5) is 8.78 Å². The van der Waals surface area contributed by atoms with Crippen molar-refractivity contribution in [3.8, 4) is 5.75 Å². The number of carbonyl (C=O) groups excluding carboxylic acids is 1. The molecule has 0 aliphatic rings. The van der Waals surface area contributed by atoms with Crippen molar-refractivity contribution in [3.05, 3.63) is 95.6 Å². The zero-order chi connectivity index (χ0) is 22.3. The van der Waals surface area contributed by atoms with E-state index in [0.29, 0.717) is 5.56 Å². The molecule has 0 unspecified atom stereocenters. The SMILES string of the molecule is O=C(NCc1ccc(OC(F)F)cc1)c1cccc(S(=O)(=O)NCc2ccccc2)c1. The van der Waals surface area contributed by atoms with E-state index < -0.39 is 22.5 Å². The van der Waals surface area contributed by atoms with Crippen molar-refractivity contribution in [2.24, 2.45) is 0 Å². The van der Waals surface area contributed by atoms with Gasteiger partial charge in [0.2, 0.25) is 10.0 Å². The highest BCUT2D eigenvalue weighted by atomic mass is 32.2. The van der Waals surface area contributed by atoms with Gasteiger partial charge < -0.3 is 10.1 Å². The van der Waals surface area contributed by atoms with E-state index in [1.165, 1.54) is 36.4 Å². The number of rotatable bonds is 9. The first-order valence-corrected chi connectivity index (χ1v) is 10.8. The smallest absolute Gasteiger partial charge is 0.387 e. The molecule has 162 valence electrons. The van der Waals surface area contributed by atoms with E-state index in [1.54, 1.807) is 24.3 Å². The number of nitrogens with one attached hydrogen (secondary N) is 2. The summed E-state index contributed by atoms with van der Waals surface area (Å²) in [5.41, 5.74) is 1.66. The molecule has 0 aromatic heterocycles. The molecule has 0 spiro atoms. The van der Waals surface area contributed by atoms with Crippen LogP contribution in [-0.4, -0.2) is 20.9 Å². The van der Waals surface area contributed by atoms with Crippen LogP contribution in [0.15, 0.2) is 83.8 Å². The Morgan fingerprint density at radius 2 is 1.55 bits per heavy atom. The van der Waals surface area contributed by atoms with E-state index in [-0.39, 0.29) is 29.3 Å². The summed E-state index contributed by atoms with van der Waals surface area (Å²) in [6, 6.07) is 20.6. The number of hydrogen-bond donors (Lipinski definition) is 2. The number of sulfonamides is 1. The fraction of sp³-hybridized carbons (Fsp3) is 0.136. The lowest BCUT2D eigenvalue weighted by Gasteiger charge is -2.10. The standard InChI is InChI=1S/C22H20F2N2O4S/c23-22(24)30-19-11-9-17(10-12-19)14-25-21(27)18-7-4-8-20(13-18)31(28,29)26-15-16-5-2-1-3-6-16/h1-13,22,26H,14-15H2,(H,25,27). The van der Waals surface area contributed by atoms with Crippen molar-refractivity contribution in [2.75, 3.05) is 0 Å². The fourth-order valence-corrected chi connectivity index (χ4v) is 3.80. The second-order valence-electron chi connectivity index (χ2n) is 6.54. The van der Waals surface area contributed by atoms with Crippen LogP contribution < -0.4 is 14.8 Å². The maximum atomic E-state index is 12.6. The van der Waals surface area contributed by atoms with Crippen LogP contribution in [-0.2, 0) is 23.1 Å². The summed E-state index contributed by atoms with van der Waals surface area (Å²) in [4.78, 5) is 12.4. The molecule has 3 aromatic carbocycles. The lowest BCUT2D eigenvalue weighted by atomic mass is 10.2. The van der Waals surface area contributed by atoms with Gasteiger partial charge in [0.05, 0.1) is 4.90 Å². The summed E-state index contributed by atoms with van der Waals surface area (Å²) in [6.45, 7) is -2.64. The second-order valence-corrected chi connectivity index (χ2v) is 8.31. The largest absolute Gasteiger partial charge is 0.435 e. The van der Waals surface area contributed by atoms with E-state index in [9.17, 15) is 22.0 Å². The van der Waals surface area contributed by atoms with Crippen LogP contribution in [0.2, 0.25) is 0 Å². The molecule has 0 aliphatic heterocycles. The van der Waals surface area contributed by atoms with Gasteiger partial charge in [-0.25, -0.2) is 13.1 Å². The molecule has 2 N–H and O–H groups in total. The van der Waals surface area contributed by atoms with Gasteiger partial charge in [0.1, 0.15) is 5.75 Å². The van der Waals surface area contributed by atoms with Crippen molar-refractivity contribution in [3.63, 3.8) is 0 Å². The lowest BCUT2D eigenvalue weighted by Crippen LogP contribution is -2.25. The molecule has 9 heteroatoms. The number of amides is 1. The summed E-state index contributed by atoms with van der Waals surface area (Å²) in [6.07, 6.45) is 0. The Kier molecular flexibility index (Phi) is 7.32. The molecule has 0 saturated heterocycles. The molecule has 0 bridgehead atoms. The molecular weight excluding hydrogens is 426 g/mol. The Balaban J connectivity index is 1.61. The Bertz CT molecular complexity index is 1120. The van der Waals surface area contributed by atoms with E-state index in [2.05, 4.69) is 14.8 Å². The molecule has 0 atom stereocenters. The zero-order valence-electron chi connectivity index (χ0n) is 16.3. The van der Waals surface area contributed by atoms with Gasteiger partial charge in [-0.3, -0.25) is 4.79 Å². The van der Waals surface area contributed by atoms with Crippen LogP contribution in [0.25, 0.3) is 0 Å². The first-order valence-electron chi connectivity index (χ1n) is 9.29. The molecule has 0 aliphatic carbocycles. The number of halogens is 2. The highest BCUT2D eigenvalue weighted by molar-refractivity contribution is 7.89. The third-order valence-electron chi connectivity index (χ3n) is 4.32. The van der Waals surface area contributed by atoms with Crippen molar-refractivity contribution in [1.82, 2.24) is 10.0 Å². The minimum Gasteiger partial charge on any atom is -0.435 e. The van der Waals surface area contributed by atoms with E-state index in [4.69, 9.17) is 0 Å². The molecular formula is C22H20F2N2O4S. The van der Waals surface area contributed by atoms with Gasteiger partial charge in [-0.15, -0.1) is 0 Å². The normalized spacial score (nSPS) is 11.3. The minimum atomic E-state index is -3.80. The molecule has 3 aromatic rings. The van der Waals surface area contributed by atoms with Crippen molar-refractivity contribution in [2.45, 2.75) is 24.6 Å². The Hall–Kier alpha value is -3.30. The van der Waals surface area contributed by atoms with Gasteiger partial charge >= 0.3 is 6.61 Å². The van der Waals surface area contributed by atoms with Crippen LogP contribution >= 0.6 is 0 Å². The molecule has 6 nitrogen and oxygen atoms in total. The van der Waals surface area contributed by atoms with Gasteiger partial charge in [-0.05, 0) is 41.5 Å². The molecule has 0 radical (unpaired) electrons. The maximum Gasteiger partial charge on any atom is 0.387 e. The average molecular weight is 446 g/mol. The Labute approximate surface area is 178 Å². The van der Waals surface area contributed by atoms with Crippen molar-refractivity contribution < 1.29 is 26.7 Å². The van der Waals surface area contributed by atoms with E-state index in [0.717, 1.165) is 5.56 Å². The molecule has 3 rings (SSSR count). The third-order valence-corrected chi connectivity index (χ3v) is 5.72. The quantitative estimate of drug-likeness (QED) is 0.525. The summed E-state index contributed by atoms with van der Waals surface area (Å²) >= 11 is 0. The minimum absolute atomic E-state index is 0.0194. The summed E-state index contributed by atoms with van der Waals surface area (Å²) in [5, 5.41) is 2.67. The van der Waals surface area contributed by atoms with Gasteiger partial charge in [-0.1, -0.05) is 48.5 Å². The van der Waals surface area contributed by atoms with Crippen molar-refractivity contribution >= 4 is 15.9 Å². The van der Waals surface area contributed by atoms with Crippen LogP contribution in [0.3, 0.4) is 0 Å². The van der Waals surface area contributed by atoms with Crippen LogP contribution in [0.5, 0.6) is 5.75 Å². The number of ether oxygens (including phenoxy) is 1. The van der Waals surface area contributed by atoms with Gasteiger partial charge in [0.25, 0.3) is 5.91 Å². The predicted octanol–water partition coefficient (Wildman–Crippen LogP) is 3.70. The van der Waals surface area contributed by atoms with E-state index in [1.807, 2.05) is 18.2 Å². The Morgan fingerprint density at radius 1 is 0.871 bits per heavy atom. The number of benzene rings is 3. The third kappa shape index (κ3) is 6.59. The summed E-state index contributed by atoms with van der Waals surface area (Å²) < 4.78 is 56.3. The van der Waals surface area contributed by atoms with Gasteiger partial charge in [0, 0.05) is 18.7 Å². The first kappa shape index (κ1) is 22.4. The number of alkyl halides is 2. The average Bonchev–Trinajstić information content (AvgIpc) is 2.77. The summed E-state index contributed by atoms with van der Waals surface area (Å²) in [5.74, 6) is -0.445. The van der Waals surface area contributed by atoms with Crippen LogP contribution in [0.1, 0.15) is 21.5 Å². The van der Waals surface area contributed by atoms with Crippen LogP contribution in [0, 0.1) is 0 Å². The molecule has 1 amide bonds. The second kappa shape index (κ2) is 10.1. The molecule has 0 heterocycles. The zero-order valence-corrected chi connectivity index (χ0v) is 17.1. The fourth-order valence-electron chi connectivity index (χ4n) is 2.74. The molecule has 0 saturated carbocycles. The number of carbonyl (C=O) groups is 1. The Morgan fingerprint density at radius 3 is 2.23 bits per heavy atom. The predicted molar refractivity (Wildman–Crippen MR) is 111 cm³/mol. The maximum absolute atomic E-state index is 12.6.